The summed E-state index contributed by atoms with van der Waals surface area (Å²) in [4.78, 5) is 24.7. The highest BCUT2D eigenvalue weighted by molar-refractivity contribution is 6.32. The normalized spacial score (nSPS) is 11.1. The van der Waals surface area contributed by atoms with Gasteiger partial charge in [-0.25, -0.2) is 4.39 Å². The lowest BCUT2D eigenvalue weighted by molar-refractivity contribution is -0.168. The minimum absolute atomic E-state index is 0.0311. The molecule has 0 aromatic heterocycles. The third kappa shape index (κ3) is 3.77. The molecule has 0 aliphatic rings. The van der Waals surface area contributed by atoms with E-state index in [1.165, 1.54) is 12.1 Å². The number of esters is 2. The second-order valence-electron chi connectivity index (χ2n) is 4.87. The molecule has 1 aromatic rings. The van der Waals surface area contributed by atoms with Gasteiger partial charge in [0, 0.05) is 0 Å². The van der Waals surface area contributed by atoms with Crippen LogP contribution in [0.1, 0.15) is 40.0 Å². The highest BCUT2D eigenvalue weighted by Crippen LogP contribution is 2.34. The van der Waals surface area contributed by atoms with Crippen molar-refractivity contribution in [1.82, 2.24) is 0 Å². The molecule has 0 aliphatic heterocycles. The van der Waals surface area contributed by atoms with Crippen molar-refractivity contribution >= 4 is 23.5 Å². The summed E-state index contributed by atoms with van der Waals surface area (Å²) in [5, 5.41) is -0.0311. The number of rotatable bonds is 7. The lowest BCUT2D eigenvalue weighted by atomic mass is 9.82. The molecule has 1 aromatic carbocycles. The van der Waals surface area contributed by atoms with Gasteiger partial charge >= 0.3 is 11.9 Å². The molecule has 0 atom stereocenters. The molecule has 0 aliphatic carbocycles. The molecule has 0 saturated heterocycles. The molecule has 0 N–H and O–H groups in total. The van der Waals surface area contributed by atoms with Crippen LogP contribution in [0.15, 0.2) is 18.2 Å². The van der Waals surface area contributed by atoms with Gasteiger partial charge in [-0.3, -0.25) is 9.59 Å². The van der Waals surface area contributed by atoms with E-state index in [1.54, 1.807) is 13.8 Å². The summed E-state index contributed by atoms with van der Waals surface area (Å²) in [6, 6.07) is 3.93. The van der Waals surface area contributed by atoms with Crippen LogP contribution in [0, 0.1) is 11.2 Å². The Morgan fingerprint density at radius 1 is 1.18 bits per heavy atom. The van der Waals surface area contributed by atoms with Gasteiger partial charge in [0.05, 0.1) is 11.6 Å². The molecule has 122 valence electrons. The van der Waals surface area contributed by atoms with Crippen LogP contribution in [0.4, 0.5) is 4.39 Å². The summed E-state index contributed by atoms with van der Waals surface area (Å²) in [6.07, 6.45) is 1.03. The topological polar surface area (TPSA) is 52.6 Å². The summed E-state index contributed by atoms with van der Waals surface area (Å²) < 4.78 is 23.9. The van der Waals surface area contributed by atoms with Crippen molar-refractivity contribution in [3.63, 3.8) is 0 Å². The first-order valence-electron chi connectivity index (χ1n) is 7.26. The van der Waals surface area contributed by atoms with Gasteiger partial charge in [-0.05, 0) is 31.4 Å². The predicted octanol–water partition coefficient (Wildman–Crippen LogP) is 4.14. The van der Waals surface area contributed by atoms with Gasteiger partial charge in [0.1, 0.15) is 0 Å². The SMILES string of the molecule is CCCOC(=O)C(CC)(CC)C(=O)Oc1c(F)cccc1Cl. The Morgan fingerprint density at radius 2 is 1.82 bits per heavy atom. The Labute approximate surface area is 134 Å². The van der Waals surface area contributed by atoms with E-state index in [4.69, 9.17) is 21.1 Å². The number of para-hydroxylation sites is 1. The van der Waals surface area contributed by atoms with E-state index in [1.807, 2.05) is 6.92 Å². The van der Waals surface area contributed by atoms with Crippen molar-refractivity contribution in [3.05, 3.63) is 29.0 Å². The Bertz CT molecular complexity index is 521. The summed E-state index contributed by atoms with van der Waals surface area (Å²) in [6.45, 7) is 5.43. The third-order valence-corrected chi connectivity index (χ3v) is 3.84. The van der Waals surface area contributed by atoms with Gasteiger partial charge in [-0.15, -0.1) is 0 Å². The van der Waals surface area contributed by atoms with Crippen molar-refractivity contribution in [2.75, 3.05) is 6.61 Å². The largest absolute Gasteiger partial charge is 0.465 e. The van der Waals surface area contributed by atoms with Crippen LogP contribution in [-0.2, 0) is 14.3 Å². The quantitative estimate of drug-likeness (QED) is 0.428. The smallest absolute Gasteiger partial charge is 0.329 e. The van der Waals surface area contributed by atoms with Gasteiger partial charge in [0.2, 0.25) is 0 Å². The minimum atomic E-state index is -1.46. The fraction of sp³-hybridized carbons (Fsp3) is 0.500. The van der Waals surface area contributed by atoms with Gasteiger partial charge in [0.15, 0.2) is 17.0 Å². The first-order valence-corrected chi connectivity index (χ1v) is 7.64. The average molecular weight is 331 g/mol. The number of benzene rings is 1. The first kappa shape index (κ1) is 18.4. The molecule has 0 fully saturated rings. The summed E-state index contributed by atoms with van der Waals surface area (Å²) in [5.74, 6) is -2.64. The third-order valence-electron chi connectivity index (χ3n) is 3.54. The van der Waals surface area contributed by atoms with Crippen LogP contribution < -0.4 is 4.74 Å². The number of carbonyl (C=O) groups is 2. The molecule has 0 amide bonds. The first-order chi connectivity index (χ1) is 10.4. The number of carbonyl (C=O) groups excluding carboxylic acids is 2. The van der Waals surface area contributed by atoms with Gasteiger partial charge < -0.3 is 9.47 Å². The zero-order valence-corrected chi connectivity index (χ0v) is 13.7. The van der Waals surface area contributed by atoms with E-state index in [0.717, 1.165) is 6.07 Å². The van der Waals surface area contributed by atoms with Crippen LogP contribution in [0.3, 0.4) is 0 Å². The standard InChI is InChI=1S/C16H20ClFO4/c1-4-10-21-14(19)16(5-2,6-3)15(20)22-13-11(17)8-7-9-12(13)18/h7-9H,4-6,10H2,1-3H3. The van der Waals surface area contributed by atoms with E-state index in [0.29, 0.717) is 6.42 Å². The maximum Gasteiger partial charge on any atom is 0.329 e. The molecule has 0 spiro atoms. The fourth-order valence-corrected chi connectivity index (χ4v) is 2.22. The van der Waals surface area contributed by atoms with Crippen molar-refractivity contribution in [1.29, 1.82) is 0 Å². The lowest BCUT2D eigenvalue weighted by Gasteiger charge is -2.26. The fourth-order valence-electron chi connectivity index (χ4n) is 2.01. The van der Waals surface area contributed by atoms with E-state index < -0.39 is 23.2 Å². The van der Waals surface area contributed by atoms with Crippen LogP contribution >= 0.6 is 11.6 Å². The molecule has 0 saturated carbocycles. The van der Waals surface area contributed by atoms with Gasteiger partial charge in [-0.2, -0.15) is 0 Å². The molecule has 6 heteroatoms. The minimum Gasteiger partial charge on any atom is -0.465 e. The average Bonchev–Trinajstić information content (AvgIpc) is 2.50. The van der Waals surface area contributed by atoms with E-state index in [2.05, 4.69) is 0 Å². The van der Waals surface area contributed by atoms with Crippen molar-refractivity contribution in [3.8, 4) is 5.75 Å². The Balaban J connectivity index is 3.06. The molecule has 22 heavy (non-hydrogen) atoms. The second-order valence-corrected chi connectivity index (χ2v) is 5.27. The molecule has 0 unspecified atom stereocenters. The molecular weight excluding hydrogens is 311 g/mol. The Hall–Kier alpha value is -1.62. The number of halogens is 2. The number of ether oxygens (including phenoxy) is 2. The van der Waals surface area contributed by atoms with Crippen LogP contribution in [0.2, 0.25) is 5.02 Å². The van der Waals surface area contributed by atoms with Gasteiger partial charge in [-0.1, -0.05) is 38.4 Å². The highest BCUT2D eigenvalue weighted by atomic mass is 35.5. The number of hydrogen-bond donors (Lipinski definition) is 0. The van der Waals surface area contributed by atoms with Gasteiger partial charge in [0.25, 0.3) is 0 Å². The van der Waals surface area contributed by atoms with Crippen molar-refractivity contribution < 1.29 is 23.5 Å². The molecule has 0 radical (unpaired) electrons. The lowest BCUT2D eigenvalue weighted by Crippen LogP contribution is -2.42. The van der Waals surface area contributed by atoms with Crippen LogP contribution in [0.5, 0.6) is 5.75 Å². The van der Waals surface area contributed by atoms with Crippen molar-refractivity contribution in [2.45, 2.75) is 40.0 Å². The van der Waals surface area contributed by atoms with E-state index in [9.17, 15) is 14.0 Å². The van der Waals surface area contributed by atoms with Crippen LogP contribution in [0.25, 0.3) is 0 Å². The highest BCUT2D eigenvalue weighted by Gasteiger charge is 2.46. The molecular formula is C16H20ClFO4. The molecule has 0 bridgehead atoms. The summed E-state index contributed by atoms with van der Waals surface area (Å²) >= 11 is 5.84. The Kier molecular flexibility index (Phi) is 6.81. The molecule has 1 rings (SSSR count). The summed E-state index contributed by atoms with van der Waals surface area (Å²) in [5.41, 5.74) is -1.46. The summed E-state index contributed by atoms with van der Waals surface area (Å²) in [7, 11) is 0. The maximum absolute atomic E-state index is 13.7. The molecule has 0 heterocycles. The predicted molar refractivity (Wildman–Crippen MR) is 81.3 cm³/mol. The monoisotopic (exact) mass is 330 g/mol. The Morgan fingerprint density at radius 3 is 2.32 bits per heavy atom. The number of hydrogen-bond acceptors (Lipinski definition) is 4. The van der Waals surface area contributed by atoms with Crippen molar-refractivity contribution in [2.24, 2.45) is 5.41 Å². The van der Waals surface area contributed by atoms with E-state index >= 15 is 0 Å². The van der Waals surface area contributed by atoms with E-state index in [-0.39, 0.29) is 30.2 Å². The second kappa shape index (κ2) is 8.13. The molecule has 4 nitrogen and oxygen atoms in total. The van der Waals surface area contributed by atoms with Crippen LogP contribution in [-0.4, -0.2) is 18.5 Å². The maximum atomic E-state index is 13.7. The zero-order chi connectivity index (χ0) is 16.8. The zero-order valence-electron chi connectivity index (χ0n) is 12.9.